The van der Waals surface area contributed by atoms with E-state index in [1.807, 2.05) is 0 Å². The van der Waals surface area contributed by atoms with E-state index in [4.69, 9.17) is 5.11 Å². The smallest absolute Gasteiger partial charge is 0.335 e. The number of fused-ring (bicyclic) bond motifs is 2. The number of rotatable bonds is 4. The molecule has 2 fully saturated rings. The maximum absolute atomic E-state index is 13.0. The molecular weight excluding hydrogens is 264 g/mol. The second-order valence-electron chi connectivity index (χ2n) is 7.26. The molecule has 0 atom stereocenters. The summed E-state index contributed by atoms with van der Waals surface area (Å²) >= 11 is 0. The van der Waals surface area contributed by atoms with Gasteiger partial charge in [-0.15, -0.1) is 0 Å². The zero-order chi connectivity index (χ0) is 15.3. The Morgan fingerprint density at radius 3 is 2.05 bits per heavy atom. The van der Waals surface area contributed by atoms with Crippen LogP contribution in [-0.4, -0.2) is 16.9 Å². The molecule has 2 aliphatic carbocycles. The number of carboxylic acids is 1. The summed E-state index contributed by atoms with van der Waals surface area (Å²) in [5, 5.41) is 8.95. The lowest BCUT2D eigenvalue weighted by molar-refractivity contribution is 0.0485. The molecule has 0 amide bonds. The highest BCUT2D eigenvalue weighted by Gasteiger charge is 2.56. The fourth-order valence-electron chi connectivity index (χ4n) is 4.44. The Balaban J connectivity index is 1.88. The predicted octanol–water partition coefficient (Wildman–Crippen LogP) is 4.17. The van der Waals surface area contributed by atoms with E-state index < -0.39 is 5.97 Å². The molecule has 0 saturated heterocycles. The molecule has 1 aromatic carbocycles. The van der Waals surface area contributed by atoms with E-state index in [-0.39, 0.29) is 22.2 Å². The Hall–Kier alpha value is -1.64. The summed E-state index contributed by atoms with van der Waals surface area (Å²) in [7, 11) is 0. The molecule has 3 nitrogen and oxygen atoms in total. The van der Waals surface area contributed by atoms with Crippen LogP contribution in [0, 0.1) is 16.7 Å². The van der Waals surface area contributed by atoms with Crippen molar-refractivity contribution < 1.29 is 14.7 Å². The average Bonchev–Trinajstić information content (AvgIpc) is 3.09. The average molecular weight is 286 g/mol. The van der Waals surface area contributed by atoms with Crippen LogP contribution in [-0.2, 0) is 0 Å². The summed E-state index contributed by atoms with van der Waals surface area (Å²) in [5.41, 5.74) is 0.641. The number of hydrogen-bond acceptors (Lipinski definition) is 2. The molecule has 3 heteroatoms. The first-order valence-corrected chi connectivity index (χ1v) is 7.74. The fraction of sp³-hybridized carbons (Fsp3) is 0.556. The molecule has 1 N–H and O–H groups in total. The third kappa shape index (κ3) is 2.10. The maximum Gasteiger partial charge on any atom is 0.335 e. The third-order valence-corrected chi connectivity index (χ3v) is 6.03. The summed E-state index contributed by atoms with van der Waals surface area (Å²) in [6, 6.07) is 6.36. The highest BCUT2D eigenvalue weighted by Crippen LogP contribution is 2.63. The SMILES string of the molecule is CC(C)(C(=O)c1ccc(C(=O)O)cc1)C12CCC(CC1)C2. The van der Waals surface area contributed by atoms with Crippen LogP contribution >= 0.6 is 0 Å². The molecular formula is C18H22O3. The van der Waals surface area contributed by atoms with Gasteiger partial charge in [-0.2, -0.15) is 0 Å². The quantitative estimate of drug-likeness (QED) is 0.845. The number of carboxylic acid groups (broad SMARTS) is 1. The normalized spacial score (nSPS) is 27.8. The van der Waals surface area contributed by atoms with Gasteiger partial charge >= 0.3 is 5.97 Å². The van der Waals surface area contributed by atoms with Gasteiger partial charge in [0, 0.05) is 11.0 Å². The Morgan fingerprint density at radius 2 is 1.62 bits per heavy atom. The molecule has 0 heterocycles. The van der Waals surface area contributed by atoms with Crippen molar-refractivity contribution in [2.75, 3.05) is 0 Å². The van der Waals surface area contributed by atoms with Gasteiger partial charge in [0.25, 0.3) is 0 Å². The minimum atomic E-state index is -0.957. The lowest BCUT2D eigenvalue weighted by Gasteiger charge is -2.42. The van der Waals surface area contributed by atoms with Crippen molar-refractivity contribution in [1.29, 1.82) is 0 Å². The molecule has 0 radical (unpaired) electrons. The van der Waals surface area contributed by atoms with Gasteiger partial charge in [-0.25, -0.2) is 4.79 Å². The summed E-state index contributed by atoms with van der Waals surface area (Å²) in [6.45, 7) is 4.16. The topological polar surface area (TPSA) is 54.4 Å². The second kappa shape index (κ2) is 4.69. The maximum atomic E-state index is 13.0. The van der Waals surface area contributed by atoms with E-state index in [2.05, 4.69) is 13.8 Å². The molecule has 0 aromatic heterocycles. The summed E-state index contributed by atoms with van der Waals surface area (Å²) in [6.07, 6.45) is 6.01. The van der Waals surface area contributed by atoms with Crippen molar-refractivity contribution in [3.63, 3.8) is 0 Å². The molecule has 2 saturated carbocycles. The molecule has 0 unspecified atom stereocenters. The van der Waals surface area contributed by atoms with E-state index in [0.29, 0.717) is 5.56 Å². The number of carbonyl (C=O) groups excluding carboxylic acids is 1. The van der Waals surface area contributed by atoms with E-state index in [1.165, 1.54) is 31.4 Å². The van der Waals surface area contributed by atoms with Gasteiger partial charge < -0.3 is 5.11 Å². The number of Topliss-reactive ketones (excluding diaryl/α,β-unsaturated/α-hetero) is 1. The minimum Gasteiger partial charge on any atom is -0.478 e. The van der Waals surface area contributed by atoms with Crippen molar-refractivity contribution in [2.24, 2.45) is 16.7 Å². The minimum absolute atomic E-state index is 0.153. The number of ketones is 1. The van der Waals surface area contributed by atoms with Crippen molar-refractivity contribution in [3.8, 4) is 0 Å². The van der Waals surface area contributed by atoms with E-state index in [9.17, 15) is 9.59 Å². The van der Waals surface area contributed by atoms with Crippen LogP contribution in [0.3, 0.4) is 0 Å². The summed E-state index contributed by atoms with van der Waals surface area (Å²) in [4.78, 5) is 23.9. The highest BCUT2D eigenvalue weighted by atomic mass is 16.4. The monoisotopic (exact) mass is 286 g/mol. The molecule has 112 valence electrons. The molecule has 1 aromatic rings. The van der Waals surface area contributed by atoms with Crippen molar-refractivity contribution in [2.45, 2.75) is 46.0 Å². The zero-order valence-electron chi connectivity index (χ0n) is 12.7. The van der Waals surface area contributed by atoms with Crippen molar-refractivity contribution in [3.05, 3.63) is 35.4 Å². The molecule has 21 heavy (non-hydrogen) atoms. The van der Waals surface area contributed by atoms with Gasteiger partial charge in [-0.3, -0.25) is 4.79 Å². The lowest BCUT2D eigenvalue weighted by atomic mass is 9.60. The second-order valence-corrected chi connectivity index (χ2v) is 7.26. The van der Waals surface area contributed by atoms with Crippen LogP contribution in [0.15, 0.2) is 24.3 Å². The number of aromatic carboxylic acids is 1. The third-order valence-electron chi connectivity index (χ3n) is 6.03. The largest absolute Gasteiger partial charge is 0.478 e. The predicted molar refractivity (Wildman–Crippen MR) is 80.5 cm³/mol. The van der Waals surface area contributed by atoms with Crippen LogP contribution in [0.1, 0.15) is 66.7 Å². The van der Waals surface area contributed by atoms with Crippen LogP contribution < -0.4 is 0 Å². The van der Waals surface area contributed by atoms with Gasteiger partial charge in [0.2, 0.25) is 0 Å². The zero-order valence-corrected chi connectivity index (χ0v) is 12.7. The van der Waals surface area contributed by atoms with Gasteiger partial charge in [-0.1, -0.05) is 26.0 Å². The van der Waals surface area contributed by atoms with Crippen LogP contribution in [0.5, 0.6) is 0 Å². The highest BCUT2D eigenvalue weighted by molar-refractivity contribution is 6.01. The first-order chi connectivity index (χ1) is 9.86. The number of benzene rings is 1. The van der Waals surface area contributed by atoms with Crippen LogP contribution in [0.25, 0.3) is 0 Å². The van der Waals surface area contributed by atoms with Gasteiger partial charge in [0.1, 0.15) is 0 Å². The Labute approximate surface area is 125 Å². The number of hydrogen-bond donors (Lipinski definition) is 1. The fourth-order valence-corrected chi connectivity index (χ4v) is 4.44. The van der Waals surface area contributed by atoms with Gasteiger partial charge in [0.05, 0.1) is 5.56 Å². The lowest BCUT2D eigenvalue weighted by Crippen LogP contribution is -2.41. The molecule has 3 rings (SSSR count). The van der Waals surface area contributed by atoms with Crippen molar-refractivity contribution >= 4 is 11.8 Å². The first kappa shape index (κ1) is 14.3. The molecule has 0 spiro atoms. The molecule has 0 aliphatic heterocycles. The summed E-state index contributed by atoms with van der Waals surface area (Å²) in [5.74, 6) is 0.00901. The van der Waals surface area contributed by atoms with Crippen LogP contribution in [0.4, 0.5) is 0 Å². The molecule has 2 aliphatic rings. The standard InChI is InChI=1S/C18H22O3/c1-17(2,18-9-7-12(11-18)8-10-18)15(19)13-3-5-14(6-4-13)16(20)21/h3-6,12H,7-11H2,1-2H3,(H,20,21). The van der Waals surface area contributed by atoms with Gasteiger partial charge in [-0.05, 0) is 55.6 Å². The molecule has 2 bridgehead atoms. The first-order valence-electron chi connectivity index (χ1n) is 7.74. The Bertz CT molecular complexity index is 575. The van der Waals surface area contributed by atoms with Crippen molar-refractivity contribution in [1.82, 2.24) is 0 Å². The van der Waals surface area contributed by atoms with E-state index in [0.717, 1.165) is 18.8 Å². The number of carbonyl (C=O) groups is 2. The van der Waals surface area contributed by atoms with Gasteiger partial charge in [0.15, 0.2) is 5.78 Å². The van der Waals surface area contributed by atoms with Crippen LogP contribution in [0.2, 0.25) is 0 Å². The van der Waals surface area contributed by atoms with E-state index in [1.54, 1.807) is 12.1 Å². The Kier molecular flexibility index (Phi) is 3.19. The Morgan fingerprint density at radius 1 is 1.10 bits per heavy atom. The van der Waals surface area contributed by atoms with E-state index >= 15 is 0 Å². The summed E-state index contributed by atoms with van der Waals surface area (Å²) < 4.78 is 0.